The van der Waals surface area contributed by atoms with Crippen molar-refractivity contribution in [1.29, 1.82) is 0 Å². The largest absolute Gasteiger partial charge is 0.387 e. The fraction of sp³-hybridized carbons (Fsp3) is 0.125. The summed E-state index contributed by atoms with van der Waals surface area (Å²) in [4.78, 5) is 16.7. The van der Waals surface area contributed by atoms with E-state index in [0.29, 0.717) is 12.1 Å². The van der Waals surface area contributed by atoms with Crippen LogP contribution in [0.1, 0.15) is 15.4 Å². The summed E-state index contributed by atoms with van der Waals surface area (Å²) in [5.41, 5.74) is 2.43. The predicted octanol–water partition coefficient (Wildman–Crippen LogP) is 3.27. The minimum atomic E-state index is -0.0980. The Morgan fingerprint density at radius 2 is 1.90 bits per heavy atom. The summed E-state index contributed by atoms with van der Waals surface area (Å²) in [5, 5.41) is 6.85. The number of benzene rings is 2. The average Bonchev–Trinajstić information content (AvgIpc) is 2.95. The maximum atomic E-state index is 12.2. The van der Waals surface area contributed by atoms with Crippen molar-refractivity contribution in [3.63, 3.8) is 0 Å². The minimum Gasteiger partial charge on any atom is -0.387 e. The first kappa shape index (κ1) is 13.6. The molecule has 2 aromatic carbocycles. The Balaban J connectivity index is 1.73. The summed E-state index contributed by atoms with van der Waals surface area (Å²) >= 11 is 1.60. The summed E-state index contributed by atoms with van der Waals surface area (Å²) in [6.07, 6.45) is 0. The molecule has 0 unspecified atom stereocenters. The van der Waals surface area contributed by atoms with Gasteiger partial charge >= 0.3 is 0 Å². The normalized spacial score (nSPS) is 10.5. The third kappa shape index (κ3) is 2.87. The fourth-order valence-corrected chi connectivity index (χ4v) is 3.05. The highest BCUT2D eigenvalue weighted by Gasteiger charge is 2.10. The molecule has 3 rings (SSSR count). The molecule has 0 bridgehead atoms. The SMILES string of the molecule is CNc1ccccc1C(=O)NCc1nc2ccccc2s1. The first-order chi connectivity index (χ1) is 10.3. The minimum absolute atomic E-state index is 0.0980. The summed E-state index contributed by atoms with van der Waals surface area (Å²) in [6, 6.07) is 15.4. The van der Waals surface area contributed by atoms with Gasteiger partial charge in [0.05, 0.1) is 22.3 Å². The van der Waals surface area contributed by atoms with E-state index in [9.17, 15) is 4.79 Å². The number of amides is 1. The van der Waals surface area contributed by atoms with Gasteiger partial charge in [-0.05, 0) is 24.3 Å². The highest BCUT2D eigenvalue weighted by molar-refractivity contribution is 7.18. The number of nitrogens with one attached hydrogen (secondary N) is 2. The van der Waals surface area contributed by atoms with Crippen LogP contribution in [0.5, 0.6) is 0 Å². The van der Waals surface area contributed by atoms with Crippen LogP contribution in [0.15, 0.2) is 48.5 Å². The van der Waals surface area contributed by atoms with Crippen LogP contribution in [0.4, 0.5) is 5.69 Å². The molecule has 4 nitrogen and oxygen atoms in total. The molecule has 3 aromatic rings. The molecule has 0 saturated heterocycles. The van der Waals surface area contributed by atoms with E-state index >= 15 is 0 Å². The summed E-state index contributed by atoms with van der Waals surface area (Å²) < 4.78 is 1.14. The van der Waals surface area contributed by atoms with Gasteiger partial charge in [0.1, 0.15) is 5.01 Å². The number of hydrogen-bond donors (Lipinski definition) is 2. The molecule has 106 valence electrons. The number of hydrogen-bond acceptors (Lipinski definition) is 4. The maximum Gasteiger partial charge on any atom is 0.253 e. The monoisotopic (exact) mass is 297 g/mol. The number of para-hydroxylation sites is 2. The Labute approximate surface area is 126 Å². The van der Waals surface area contributed by atoms with Gasteiger partial charge in [-0.15, -0.1) is 11.3 Å². The first-order valence-electron chi connectivity index (χ1n) is 6.67. The molecule has 0 fully saturated rings. The highest BCUT2D eigenvalue weighted by atomic mass is 32.1. The Bertz CT molecular complexity index is 749. The molecule has 0 aliphatic heterocycles. The van der Waals surface area contributed by atoms with Gasteiger partial charge in [0.2, 0.25) is 0 Å². The van der Waals surface area contributed by atoms with Crippen molar-refractivity contribution in [2.24, 2.45) is 0 Å². The number of fused-ring (bicyclic) bond motifs is 1. The van der Waals surface area contributed by atoms with Crippen molar-refractivity contribution in [3.8, 4) is 0 Å². The summed E-state index contributed by atoms with van der Waals surface area (Å²) in [6.45, 7) is 0.441. The quantitative estimate of drug-likeness (QED) is 0.777. The van der Waals surface area contributed by atoms with Crippen LogP contribution in [-0.4, -0.2) is 17.9 Å². The Kier molecular flexibility index (Phi) is 3.83. The Hall–Kier alpha value is -2.40. The molecule has 1 aromatic heterocycles. The number of nitrogens with zero attached hydrogens (tertiary/aromatic N) is 1. The average molecular weight is 297 g/mol. The molecular formula is C16H15N3OS. The highest BCUT2D eigenvalue weighted by Crippen LogP contribution is 2.21. The zero-order valence-corrected chi connectivity index (χ0v) is 12.4. The predicted molar refractivity (Wildman–Crippen MR) is 86.8 cm³/mol. The van der Waals surface area contributed by atoms with E-state index in [1.54, 1.807) is 24.5 Å². The molecule has 0 aliphatic carbocycles. The van der Waals surface area contributed by atoms with E-state index in [4.69, 9.17) is 0 Å². The third-order valence-corrected chi connectivity index (χ3v) is 4.22. The number of anilines is 1. The number of rotatable bonds is 4. The smallest absolute Gasteiger partial charge is 0.253 e. The van der Waals surface area contributed by atoms with Crippen molar-refractivity contribution in [2.75, 3.05) is 12.4 Å². The van der Waals surface area contributed by atoms with E-state index in [1.165, 1.54) is 0 Å². The molecule has 21 heavy (non-hydrogen) atoms. The van der Waals surface area contributed by atoms with Crippen molar-refractivity contribution in [2.45, 2.75) is 6.54 Å². The van der Waals surface area contributed by atoms with Gasteiger partial charge in [0.15, 0.2) is 0 Å². The topological polar surface area (TPSA) is 54.0 Å². The van der Waals surface area contributed by atoms with Gasteiger partial charge in [0, 0.05) is 12.7 Å². The Morgan fingerprint density at radius 1 is 1.14 bits per heavy atom. The van der Waals surface area contributed by atoms with Crippen LogP contribution >= 0.6 is 11.3 Å². The molecule has 1 amide bonds. The maximum absolute atomic E-state index is 12.2. The summed E-state index contributed by atoms with van der Waals surface area (Å²) in [7, 11) is 1.81. The molecule has 0 radical (unpaired) electrons. The van der Waals surface area contributed by atoms with Gasteiger partial charge in [-0.2, -0.15) is 0 Å². The lowest BCUT2D eigenvalue weighted by atomic mass is 10.1. The number of carbonyl (C=O) groups is 1. The van der Waals surface area contributed by atoms with Crippen molar-refractivity contribution in [1.82, 2.24) is 10.3 Å². The lowest BCUT2D eigenvalue weighted by Crippen LogP contribution is -2.23. The van der Waals surface area contributed by atoms with Gasteiger partial charge in [-0.3, -0.25) is 4.79 Å². The zero-order valence-electron chi connectivity index (χ0n) is 11.6. The van der Waals surface area contributed by atoms with Crippen LogP contribution in [0.2, 0.25) is 0 Å². The molecule has 0 saturated carbocycles. The number of carbonyl (C=O) groups excluding carboxylic acids is 1. The van der Waals surface area contributed by atoms with Crippen LogP contribution in [0, 0.1) is 0 Å². The molecule has 0 aliphatic rings. The molecule has 0 spiro atoms. The molecule has 2 N–H and O–H groups in total. The van der Waals surface area contributed by atoms with E-state index in [-0.39, 0.29) is 5.91 Å². The molecule has 5 heteroatoms. The van der Waals surface area contributed by atoms with E-state index in [1.807, 2.05) is 42.5 Å². The second-order valence-corrected chi connectivity index (χ2v) is 5.67. The van der Waals surface area contributed by atoms with Gasteiger partial charge < -0.3 is 10.6 Å². The third-order valence-electron chi connectivity index (χ3n) is 3.18. The summed E-state index contributed by atoms with van der Waals surface area (Å²) in [5.74, 6) is -0.0980. The number of aromatic nitrogens is 1. The lowest BCUT2D eigenvalue weighted by Gasteiger charge is -2.08. The van der Waals surface area contributed by atoms with Crippen LogP contribution in [0.3, 0.4) is 0 Å². The Morgan fingerprint density at radius 3 is 2.71 bits per heavy atom. The van der Waals surface area contributed by atoms with Crippen LogP contribution in [-0.2, 0) is 6.54 Å². The van der Waals surface area contributed by atoms with E-state index in [0.717, 1.165) is 20.9 Å². The lowest BCUT2D eigenvalue weighted by molar-refractivity contribution is 0.0951. The van der Waals surface area contributed by atoms with E-state index < -0.39 is 0 Å². The van der Waals surface area contributed by atoms with Crippen LogP contribution < -0.4 is 10.6 Å². The van der Waals surface area contributed by atoms with Crippen LogP contribution in [0.25, 0.3) is 10.2 Å². The number of thiazole rings is 1. The molecular weight excluding hydrogens is 282 g/mol. The van der Waals surface area contributed by atoms with Crippen molar-refractivity contribution < 1.29 is 4.79 Å². The molecule has 0 atom stereocenters. The van der Waals surface area contributed by atoms with Gasteiger partial charge in [-0.1, -0.05) is 24.3 Å². The van der Waals surface area contributed by atoms with Crippen molar-refractivity contribution in [3.05, 3.63) is 59.1 Å². The fourth-order valence-electron chi connectivity index (χ4n) is 2.15. The first-order valence-corrected chi connectivity index (χ1v) is 7.49. The standard InChI is InChI=1S/C16H15N3OS/c1-17-12-7-3-2-6-11(12)16(20)18-10-15-19-13-8-4-5-9-14(13)21-15/h2-9,17H,10H2,1H3,(H,18,20). The van der Waals surface area contributed by atoms with Crippen molar-refractivity contribution >= 4 is 33.1 Å². The second kappa shape index (κ2) is 5.93. The molecule has 1 heterocycles. The second-order valence-electron chi connectivity index (χ2n) is 4.55. The van der Waals surface area contributed by atoms with Gasteiger partial charge in [0.25, 0.3) is 5.91 Å². The van der Waals surface area contributed by atoms with Gasteiger partial charge in [-0.25, -0.2) is 4.98 Å². The van der Waals surface area contributed by atoms with E-state index in [2.05, 4.69) is 15.6 Å². The zero-order chi connectivity index (χ0) is 14.7.